The van der Waals surface area contributed by atoms with E-state index >= 15 is 0 Å². The number of hydrogen-bond donors (Lipinski definition) is 1. The summed E-state index contributed by atoms with van der Waals surface area (Å²) in [6, 6.07) is 8.47. The summed E-state index contributed by atoms with van der Waals surface area (Å²) in [6.07, 6.45) is 6.35. The van der Waals surface area contributed by atoms with Gasteiger partial charge < -0.3 is 10.6 Å². The minimum absolute atomic E-state index is 0.418. The van der Waals surface area contributed by atoms with Gasteiger partial charge in [0, 0.05) is 23.8 Å². The van der Waals surface area contributed by atoms with Crippen molar-refractivity contribution in [2.75, 3.05) is 4.90 Å². The van der Waals surface area contributed by atoms with E-state index in [2.05, 4.69) is 36.9 Å². The summed E-state index contributed by atoms with van der Waals surface area (Å²) in [7, 11) is 0. The van der Waals surface area contributed by atoms with Gasteiger partial charge in [-0.1, -0.05) is 12.1 Å². The van der Waals surface area contributed by atoms with Crippen LogP contribution in [0.3, 0.4) is 0 Å². The third kappa shape index (κ3) is 1.93. The minimum atomic E-state index is 0.418. The lowest BCUT2D eigenvalue weighted by molar-refractivity contribution is 0.271. The molecule has 0 saturated carbocycles. The van der Waals surface area contributed by atoms with Crippen LogP contribution in [0.4, 0.5) is 5.69 Å². The molecule has 2 aliphatic rings. The Bertz CT molecular complexity index is 427. The Morgan fingerprint density at radius 3 is 2.44 bits per heavy atom. The molecule has 2 saturated heterocycles. The Hall–Kier alpha value is -1.02. The molecule has 98 valence electrons. The van der Waals surface area contributed by atoms with E-state index in [0.717, 1.165) is 0 Å². The van der Waals surface area contributed by atoms with Crippen LogP contribution in [0.15, 0.2) is 18.2 Å². The van der Waals surface area contributed by atoms with Crippen LogP contribution in [0, 0.1) is 13.8 Å². The standard InChI is InChI=1S/C16H24N2/c1-11-5-3-8-16(12(11)2)18-14-6-4-7-15(18)10-13(17)9-14/h3,5,8,13-15H,4,6-7,9-10,17H2,1-2H3. The van der Waals surface area contributed by atoms with Gasteiger partial charge in [-0.3, -0.25) is 0 Å². The zero-order valence-electron chi connectivity index (χ0n) is 11.5. The summed E-state index contributed by atoms with van der Waals surface area (Å²) in [6.45, 7) is 4.47. The average molecular weight is 244 g/mol. The number of nitrogens with zero attached hydrogens (tertiary/aromatic N) is 1. The molecule has 18 heavy (non-hydrogen) atoms. The highest BCUT2D eigenvalue weighted by Crippen LogP contribution is 2.39. The topological polar surface area (TPSA) is 29.3 Å². The van der Waals surface area contributed by atoms with Gasteiger partial charge in [0.05, 0.1) is 0 Å². The lowest BCUT2D eigenvalue weighted by Crippen LogP contribution is -2.55. The van der Waals surface area contributed by atoms with E-state index in [4.69, 9.17) is 5.73 Å². The molecule has 2 unspecified atom stereocenters. The molecule has 3 rings (SSSR count). The fourth-order valence-electron chi connectivity index (χ4n) is 3.83. The van der Waals surface area contributed by atoms with E-state index in [1.54, 1.807) is 0 Å². The largest absolute Gasteiger partial charge is 0.365 e. The van der Waals surface area contributed by atoms with Crippen molar-refractivity contribution in [2.24, 2.45) is 5.73 Å². The van der Waals surface area contributed by atoms with E-state index in [1.165, 1.54) is 48.9 Å². The van der Waals surface area contributed by atoms with Crippen molar-refractivity contribution >= 4 is 5.69 Å². The number of fused-ring (bicyclic) bond motifs is 2. The number of benzene rings is 1. The molecular weight excluding hydrogens is 220 g/mol. The van der Waals surface area contributed by atoms with Gasteiger partial charge in [-0.15, -0.1) is 0 Å². The predicted molar refractivity (Wildman–Crippen MR) is 77.0 cm³/mol. The van der Waals surface area contributed by atoms with Crippen molar-refractivity contribution in [2.45, 2.75) is 64.1 Å². The van der Waals surface area contributed by atoms with Crippen LogP contribution >= 0.6 is 0 Å². The van der Waals surface area contributed by atoms with Crippen molar-refractivity contribution < 1.29 is 0 Å². The number of aryl methyl sites for hydroxylation is 1. The van der Waals surface area contributed by atoms with Crippen LogP contribution in [0.2, 0.25) is 0 Å². The molecule has 0 amide bonds. The van der Waals surface area contributed by atoms with E-state index < -0.39 is 0 Å². The van der Waals surface area contributed by atoms with E-state index in [-0.39, 0.29) is 0 Å². The Morgan fingerprint density at radius 1 is 1.11 bits per heavy atom. The third-order valence-corrected chi connectivity index (χ3v) is 4.87. The Kier molecular flexibility index (Phi) is 3.06. The van der Waals surface area contributed by atoms with E-state index in [0.29, 0.717) is 18.1 Å². The molecule has 2 heteroatoms. The monoisotopic (exact) mass is 244 g/mol. The molecule has 2 N–H and O–H groups in total. The molecule has 2 aliphatic heterocycles. The van der Waals surface area contributed by atoms with Crippen molar-refractivity contribution in [3.63, 3.8) is 0 Å². The van der Waals surface area contributed by atoms with Gasteiger partial charge in [0.1, 0.15) is 0 Å². The second-order valence-electron chi connectivity index (χ2n) is 6.10. The zero-order valence-corrected chi connectivity index (χ0v) is 11.5. The van der Waals surface area contributed by atoms with Gasteiger partial charge in [0.25, 0.3) is 0 Å². The molecule has 0 aromatic heterocycles. The van der Waals surface area contributed by atoms with Crippen LogP contribution in [0.25, 0.3) is 0 Å². The SMILES string of the molecule is Cc1cccc(N2C3CCCC2CC(N)C3)c1C. The molecule has 2 heterocycles. The first-order chi connectivity index (χ1) is 8.66. The van der Waals surface area contributed by atoms with Gasteiger partial charge >= 0.3 is 0 Å². The van der Waals surface area contributed by atoms with Crippen LogP contribution in [-0.4, -0.2) is 18.1 Å². The first-order valence-electron chi connectivity index (χ1n) is 7.27. The fourth-order valence-corrected chi connectivity index (χ4v) is 3.83. The van der Waals surface area contributed by atoms with Crippen LogP contribution in [0.1, 0.15) is 43.2 Å². The molecule has 2 nitrogen and oxygen atoms in total. The molecule has 2 atom stereocenters. The van der Waals surface area contributed by atoms with Gasteiger partial charge in [0.15, 0.2) is 0 Å². The van der Waals surface area contributed by atoms with E-state index in [9.17, 15) is 0 Å². The summed E-state index contributed by atoms with van der Waals surface area (Å²) in [5.41, 5.74) is 10.5. The van der Waals surface area contributed by atoms with E-state index in [1.807, 2.05) is 0 Å². The summed E-state index contributed by atoms with van der Waals surface area (Å²) < 4.78 is 0. The van der Waals surface area contributed by atoms with Gasteiger partial charge in [-0.25, -0.2) is 0 Å². The molecule has 2 bridgehead atoms. The molecule has 0 radical (unpaired) electrons. The summed E-state index contributed by atoms with van der Waals surface area (Å²) in [5, 5.41) is 0. The van der Waals surface area contributed by atoms with Crippen molar-refractivity contribution in [1.29, 1.82) is 0 Å². The first kappa shape index (κ1) is 12.0. The maximum absolute atomic E-state index is 6.21. The van der Waals surface area contributed by atoms with Crippen LogP contribution in [-0.2, 0) is 0 Å². The number of anilines is 1. The number of rotatable bonds is 1. The Labute approximate surface area is 110 Å². The molecule has 2 fully saturated rings. The normalized spacial score (nSPS) is 31.5. The van der Waals surface area contributed by atoms with Gasteiger partial charge in [-0.05, 0) is 63.1 Å². The fraction of sp³-hybridized carbons (Fsp3) is 0.625. The molecule has 1 aromatic carbocycles. The van der Waals surface area contributed by atoms with Crippen molar-refractivity contribution in [3.05, 3.63) is 29.3 Å². The maximum atomic E-state index is 6.21. The minimum Gasteiger partial charge on any atom is -0.365 e. The highest BCUT2D eigenvalue weighted by atomic mass is 15.2. The lowest BCUT2D eigenvalue weighted by atomic mass is 9.81. The molecular formula is C16H24N2. The second-order valence-corrected chi connectivity index (χ2v) is 6.10. The maximum Gasteiger partial charge on any atom is 0.0403 e. The molecule has 1 aromatic rings. The van der Waals surface area contributed by atoms with Crippen LogP contribution in [0.5, 0.6) is 0 Å². The van der Waals surface area contributed by atoms with Crippen molar-refractivity contribution in [3.8, 4) is 0 Å². The summed E-state index contributed by atoms with van der Waals surface area (Å²) in [4.78, 5) is 2.69. The Morgan fingerprint density at radius 2 is 1.78 bits per heavy atom. The number of nitrogens with two attached hydrogens (primary N) is 1. The number of piperidine rings is 2. The van der Waals surface area contributed by atoms with Gasteiger partial charge in [0.2, 0.25) is 0 Å². The first-order valence-corrected chi connectivity index (χ1v) is 7.27. The highest BCUT2D eigenvalue weighted by molar-refractivity contribution is 5.58. The number of hydrogen-bond acceptors (Lipinski definition) is 2. The van der Waals surface area contributed by atoms with Crippen LogP contribution < -0.4 is 10.6 Å². The zero-order chi connectivity index (χ0) is 12.7. The average Bonchev–Trinajstić information content (AvgIpc) is 2.32. The molecule has 0 spiro atoms. The third-order valence-electron chi connectivity index (χ3n) is 4.87. The smallest absolute Gasteiger partial charge is 0.0403 e. The van der Waals surface area contributed by atoms with Gasteiger partial charge in [-0.2, -0.15) is 0 Å². The summed E-state index contributed by atoms with van der Waals surface area (Å²) in [5.74, 6) is 0. The second kappa shape index (κ2) is 4.58. The molecule has 0 aliphatic carbocycles. The highest BCUT2D eigenvalue weighted by Gasteiger charge is 2.37. The quantitative estimate of drug-likeness (QED) is 0.822. The summed E-state index contributed by atoms with van der Waals surface area (Å²) >= 11 is 0. The lowest BCUT2D eigenvalue weighted by Gasteiger charge is -2.50. The Balaban J connectivity index is 1.98. The van der Waals surface area contributed by atoms with Crippen molar-refractivity contribution in [1.82, 2.24) is 0 Å². The predicted octanol–water partition coefficient (Wildman–Crippen LogP) is 3.15.